The Hall–Kier alpha value is -1.55. The van der Waals surface area contributed by atoms with E-state index >= 15 is 0 Å². The molecular weight excluding hydrogens is 214 g/mol. The molecule has 0 spiro atoms. The van der Waals surface area contributed by atoms with E-state index in [-0.39, 0.29) is 6.03 Å². The number of hydrogen-bond donors (Lipinski definition) is 2. The SMILES string of the molecule is CN(C(=O)NCc1ccccc1)[C@@H]1CCNC1. The highest BCUT2D eigenvalue weighted by molar-refractivity contribution is 5.74. The quantitative estimate of drug-likeness (QED) is 0.823. The Morgan fingerprint density at radius 3 is 2.88 bits per heavy atom. The lowest BCUT2D eigenvalue weighted by molar-refractivity contribution is 0.193. The van der Waals surface area contributed by atoms with Crippen molar-refractivity contribution in [1.82, 2.24) is 15.5 Å². The second-order valence-electron chi connectivity index (χ2n) is 4.40. The zero-order chi connectivity index (χ0) is 12.1. The molecule has 4 heteroatoms. The number of carbonyl (C=O) groups is 1. The molecule has 1 aromatic rings. The summed E-state index contributed by atoms with van der Waals surface area (Å²) < 4.78 is 0. The standard InChI is InChI=1S/C13H19N3O/c1-16(12-7-8-14-10-12)13(17)15-9-11-5-3-2-4-6-11/h2-6,12,14H,7-10H2,1H3,(H,15,17)/t12-/m1/s1. The van der Waals surface area contributed by atoms with Crippen LogP contribution in [0.15, 0.2) is 30.3 Å². The number of hydrogen-bond acceptors (Lipinski definition) is 2. The molecular formula is C13H19N3O. The summed E-state index contributed by atoms with van der Waals surface area (Å²) in [5.41, 5.74) is 1.12. The van der Waals surface area contributed by atoms with Gasteiger partial charge in [-0.15, -0.1) is 0 Å². The monoisotopic (exact) mass is 233 g/mol. The first-order valence-electron chi connectivity index (χ1n) is 6.02. The van der Waals surface area contributed by atoms with Gasteiger partial charge in [-0.25, -0.2) is 4.79 Å². The Morgan fingerprint density at radius 1 is 1.47 bits per heavy atom. The first kappa shape index (κ1) is 11.9. The Morgan fingerprint density at radius 2 is 2.24 bits per heavy atom. The number of likely N-dealkylation sites (N-methyl/N-ethyl adjacent to an activating group) is 1. The minimum Gasteiger partial charge on any atom is -0.334 e. The van der Waals surface area contributed by atoms with E-state index in [1.807, 2.05) is 37.4 Å². The molecule has 2 rings (SSSR count). The molecule has 1 aliphatic rings. The number of nitrogens with one attached hydrogen (secondary N) is 2. The van der Waals surface area contributed by atoms with Gasteiger partial charge in [-0.3, -0.25) is 0 Å². The summed E-state index contributed by atoms with van der Waals surface area (Å²) in [6, 6.07) is 10.3. The maximum Gasteiger partial charge on any atom is 0.317 e. The minimum absolute atomic E-state index is 0.00236. The average Bonchev–Trinajstić information content (AvgIpc) is 2.90. The molecule has 0 aliphatic carbocycles. The third-order valence-corrected chi connectivity index (χ3v) is 3.19. The van der Waals surface area contributed by atoms with Crippen LogP contribution in [-0.2, 0) is 6.54 Å². The molecule has 0 radical (unpaired) electrons. The number of carbonyl (C=O) groups excluding carboxylic acids is 1. The van der Waals surface area contributed by atoms with Gasteiger partial charge in [-0.1, -0.05) is 30.3 Å². The van der Waals surface area contributed by atoms with E-state index < -0.39 is 0 Å². The van der Waals surface area contributed by atoms with Crippen molar-refractivity contribution < 1.29 is 4.79 Å². The fourth-order valence-corrected chi connectivity index (χ4v) is 2.03. The van der Waals surface area contributed by atoms with Crippen molar-refractivity contribution in [2.75, 3.05) is 20.1 Å². The van der Waals surface area contributed by atoms with Crippen LogP contribution < -0.4 is 10.6 Å². The minimum atomic E-state index is 0.00236. The van der Waals surface area contributed by atoms with Crippen molar-refractivity contribution in [3.8, 4) is 0 Å². The van der Waals surface area contributed by atoms with Crippen molar-refractivity contribution in [2.45, 2.75) is 19.0 Å². The van der Waals surface area contributed by atoms with Crippen LogP contribution in [0.5, 0.6) is 0 Å². The summed E-state index contributed by atoms with van der Waals surface area (Å²) in [6.07, 6.45) is 1.04. The van der Waals surface area contributed by atoms with E-state index in [4.69, 9.17) is 0 Å². The van der Waals surface area contributed by atoms with Crippen molar-refractivity contribution in [1.29, 1.82) is 0 Å². The number of rotatable bonds is 3. The molecule has 4 nitrogen and oxygen atoms in total. The molecule has 0 saturated carbocycles. The lowest BCUT2D eigenvalue weighted by Crippen LogP contribution is -2.44. The maximum absolute atomic E-state index is 11.9. The molecule has 92 valence electrons. The first-order valence-corrected chi connectivity index (χ1v) is 6.02. The van der Waals surface area contributed by atoms with E-state index in [2.05, 4.69) is 10.6 Å². The summed E-state index contributed by atoms with van der Waals surface area (Å²) in [4.78, 5) is 13.7. The van der Waals surface area contributed by atoms with Crippen LogP contribution in [-0.4, -0.2) is 37.1 Å². The molecule has 1 fully saturated rings. The third kappa shape index (κ3) is 3.20. The van der Waals surface area contributed by atoms with Crippen LogP contribution in [0, 0.1) is 0 Å². The molecule has 1 aliphatic heterocycles. The van der Waals surface area contributed by atoms with Crippen LogP contribution in [0.25, 0.3) is 0 Å². The van der Waals surface area contributed by atoms with E-state index in [1.165, 1.54) is 0 Å². The van der Waals surface area contributed by atoms with E-state index in [0.29, 0.717) is 12.6 Å². The van der Waals surface area contributed by atoms with Gasteiger partial charge >= 0.3 is 6.03 Å². The Bertz CT molecular complexity index is 360. The molecule has 1 saturated heterocycles. The van der Waals surface area contributed by atoms with Gasteiger partial charge in [0.15, 0.2) is 0 Å². The lowest BCUT2D eigenvalue weighted by Gasteiger charge is -2.24. The van der Waals surface area contributed by atoms with E-state index in [1.54, 1.807) is 4.90 Å². The number of nitrogens with zero attached hydrogens (tertiary/aromatic N) is 1. The van der Waals surface area contributed by atoms with Gasteiger partial charge in [-0.2, -0.15) is 0 Å². The van der Waals surface area contributed by atoms with Gasteiger partial charge in [0.2, 0.25) is 0 Å². The predicted molar refractivity (Wildman–Crippen MR) is 67.7 cm³/mol. The topological polar surface area (TPSA) is 44.4 Å². The van der Waals surface area contributed by atoms with Crippen LogP contribution in [0.4, 0.5) is 4.79 Å². The zero-order valence-corrected chi connectivity index (χ0v) is 10.1. The third-order valence-electron chi connectivity index (χ3n) is 3.19. The van der Waals surface area contributed by atoms with E-state index in [0.717, 1.165) is 25.1 Å². The summed E-state index contributed by atoms with van der Waals surface area (Å²) >= 11 is 0. The molecule has 2 N–H and O–H groups in total. The summed E-state index contributed by atoms with van der Waals surface area (Å²) in [5, 5.41) is 6.20. The van der Waals surface area contributed by atoms with Crippen LogP contribution >= 0.6 is 0 Å². The second-order valence-corrected chi connectivity index (χ2v) is 4.40. The summed E-state index contributed by atoms with van der Waals surface area (Å²) in [7, 11) is 1.86. The molecule has 17 heavy (non-hydrogen) atoms. The predicted octanol–water partition coefficient (Wildman–Crippen LogP) is 1.19. The lowest BCUT2D eigenvalue weighted by atomic mass is 10.2. The normalized spacial score (nSPS) is 19.0. The zero-order valence-electron chi connectivity index (χ0n) is 10.1. The number of benzene rings is 1. The highest BCUT2D eigenvalue weighted by atomic mass is 16.2. The van der Waals surface area contributed by atoms with Gasteiger partial charge in [0.1, 0.15) is 0 Å². The Labute approximate surface area is 102 Å². The Balaban J connectivity index is 1.80. The number of amides is 2. The summed E-state index contributed by atoms with van der Waals surface area (Å²) in [5.74, 6) is 0. The fourth-order valence-electron chi connectivity index (χ4n) is 2.03. The largest absolute Gasteiger partial charge is 0.334 e. The molecule has 0 bridgehead atoms. The molecule has 1 atom stereocenters. The highest BCUT2D eigenvalue weighted by Gasteiger charge is 2.22. The van der Waals surface area contributed by atoms with Crippen molar-refractivity contribution in [3.05, 3.63) is 35.9 Å². The number of urea groups is 1. The molecule has 2 amide bonds. The maximum atomic E-state index is 11.9. The fraction of sp³-hybridized carbons (Fsp3) is 0.462. The molecule has 0 aromatic heterocycles. The van der Waals surface area contributed by atoms with Crippen LogP contribution in [0.3, 0.4) is 0 Å². The van der Waals surface area contributed by atoms with Gasteiger partial charge in [0.05, 0.1) is 0 Å². The van der Waals surface area contributed by atoms with Gasteiger partial charge in [-0.05, 0) is 18.5 Å². The van der Waals surface area contributed by atoms with E-state index in [9.17, 15) is 4.79 Å². The molecule has 0 unspecified atom stereocenters. The average molecular weight is 233 g/mol. The van der Waals surface area contributed by atoms with Crippen molar-refractivity contribution in [2.24, 2.45) is 0 Å². The Kier molecular flexibility index (Phi) is 3.98. The van der Waals surface area contributed by atoms with Crippen molar-refractivity contribution in [3.63, 3.8) is 0 Å². The molecule has 1 aromatic carbocycles. The molecule has 1 heterocycles. The summed E-state index contributed by atoms with van der Waals surface area (Å²) in [6.45, 7) is 2.49. The smallest absolute Gasteiger partial charge is 0.317 e. The highest BCUT2D eigenvalue weighted by Crippen LogP contribution is 2.06. The second kappa shape index (κ2) is 5.68. The van der Waals surface area contributed by atoms with Gasteiger partial charge in [0.25, 0.3) is 0 Å². The van der Waals surface area contributed by atoms with Crippen LogP contribution in [0.1, 0.15) is 12.0 Å². The van der Waals surface area contributed by atoms with Crippen molar-refractivity contribution >= 4 is 6.03 Å². The first-order chi connectivity index (χ1) is 8.27. The van der Waals surface area contributed by atoms with Gasteiger partial charge in [0, 0.05) is 26.2 Å². The van der Waals surface area contributed by atoms with Gasteiger partial charge < -0.3 is 15.5 Å². The van der Waals surface area contributed by atoms with Crippen LogP contribution in [0.2, 0.25) is 0 Å².